The van der Waals surface area contributed by atoms with E-state index < -0.39 is 4.92 Å². The van der Waals surface area contributed by atoms with Gasteiger partial charge in [0.25, 0.3) is 0 Å². The zero-order valence-corrected chi connectivity index (χ0v) is 20.3. The van der Waals surface area contributed by atoms with Gasteiger partial charge in [0.2, 0.25) is 5.75 Å². The molecule has 0 unspecified atom stereocenters. The summed E-state index contributed by atoms with van der Waals surface area (Å²) in [6, 6.07) is 5.98. The van der Waals surface area contributed by atoms with Crippen molar-refractivity contribution in [2.75, 3.05) is 26.6 Å². The SMILES string of the molecule is C[N+](C)(C)NNc1ccc(Cl)c(Oc2cc(Cl)cc(Br)c2Cl)c1[N+](=O)[O-].[I-]. The van der Waals surface area contributed by atoms with Crippen LogP contribution in [0.1, 0.15) is 0 Å². The van der Waals surface area contributed by atoms with E-state index in [2.05, 4.69) is 26.9 Å². The van der Waals surface area contributed by atoms with Gasteiger partial charge in [0, 0.05) is 15.6 Å². The predicted molar refractivity (Wildman–Crippen MR) is 107 cm³/mol. The van der Waals surface area contributed by atoms with Gasteiger partial charge in [-0.05, 0) is 34.1 Å². The largest absolute Gasteiger partial charge is 1.00 e. The molecule has 2 aromatic rings. The molecule has 2 aromatic carbocycles. The Bertz CT molecular complexity index is 865. The van der Waals surface area contributed by atoms with Crippen LogP contribution in [0.5, 0.6) is 11.5 Å². The second kappa shape index (κ2) is 9.77. The highest BCUT2D eigenvalue weighted by molar-refractivity contribution is 9.10. The van der Waals surface area contributed by atoms with Crippen LogP contribution in [0.15, 0.2) is 28.7 Å². The Morgan fingerprint density at radius 1 is 1.19 bits per heavy atom. The maximum absolute atomic E-state index is 11.7. The molecular weight excluding hydrogens is 597 g/mol. The number of rotatable bonds is 6. The van der Waals surface area contributed by atoms with Gasteiger partial charge in [0.1, 0.15) is 11.4 Å². The molecule has 2 N–H and O–H groups in total. The average molecular weight is 612 g/mol. The Hall–Kier alpha value is -0.560. The second-order valence-electron chi connectivity index (χ2n) is 6.08. The first-order chi connectivity index (χ1) is 12.0. The van der Waals surface area contributed by atoms with Crippen LogP contribution in [-0.2, 0) is 0 Å². The highest BCUT2D eigenvalue weighted by atomic mass is 127. The molecule has 0 aromatic heterocycles. The van der Waals surface area contributed by atoms with Gasteiger partial charge in [-0.2, -0.15) is 0 Å². The van der Waals surface area contributed by atoms with Crippen LogP contribution < -0.4 is 39.7 Å². The summed E-state index contributed by atoms with van der Waals surface area (Å²) in [6.07, 6.45) is 0. The molecule has 0 radical (unpaired) electrons. The number of ether oxygens (including phenoxy) is 1. The van der Waals surface area contributed by atoms with Crippen molar-refractivity contribution >= 4 is 62.1 Å². The van der Waals surface area contributed by atoms with Crippen molar-refractivity contribution in [1.82, 2.24) is 5.53 Å². The summed E-state index contributed by atoms with van der Waals surface area (Å²) in [6.45, 7) is 0. The van der Waals surface area contributed by atoms with Crippen LogP contribution in [0, 0.1) is 10.1 Å². The van der Waals surface area contributed by atoms with Crippen molar-refractivity contribution in [1.29, 1.82) is 0 Å². The van der Waals surface area contributed by atoms with Crippen LogP contribution >= 0.6 is 50.7 Å². The Balaban J connectivity index is 0.00000364. The minimum absolute atomic E-state index is 0. The number of anilines is 1. The normalized spacial score (nSPS) is 10.9. The number of hydrazine groups is 1. The number of benzene rings is 2. The first-order valence-electron chi connectivity index (χ1n) is 7.13. The number of halogens is 5. The van der Waals surface area contributed by atoms with Crippen LogP contribution in [0.2, 0.25) is 15.1 Å². The van der Waals surface area contributed by atoms with E-state index in [4.69, 9.17) is 39.5 Å². The van der Waals surface area contributed by atoms with Crippen LogP contribution in [-0.4, -0.2) is 30.7 Å². The summed E-state index contributed by atoms with van der Waals surface area (Å²) in [7, 11) is 5.53. The number of nitrogens with one attached hydrogen (secondary N) is 2. The predicted octanol–water partition coefficient (Wildman–Crippen LogP) is 2.65. The third-order valence-corrected chi connectivity index (χ3v) is 4.72. The first-order valence-corrected chi connectivity index (χ1v) is 9.06. The topological polar surface area (TPSA) is 76.4 Å². The molecule has 0 aliphatic carbocycles. The molecule has 7 nitrogen and oxygen atoms in total. The molecule has 0 saturated heterocycles. The fourth-order valence-corrected chi connectivity index (χ4v) is 2.99. The smallest absolute Gasteiger partial charge is 0.337 e. The molecule has 0 bridgehead atoms. The number of nitro benzene ring substituents is 1. The van der Waals surface area contributed by atoms with Gasteiger partial charge in [-0.15, -0.1) is 0 Å². The average Bonchev–Trinajstić information content (AvgIpc) is 2.51. The Morgan fingerprint density at radius 3 is 2.37 bits per heavy atom. The minimum atomic E-state index is -0.589. The Morgan fingerprint density at radius 2 is 1.81 bits per heavy atom. The van der Waals surface area contributed by atoms with Gasteiger partial charge in [0.15, 0.2) is 0 Å². The van der Waals surface area contributed by atoms with Gasteiger partial charge < -0.3 is 28.7 Å². The lowest BCUT2D eigenvalue weighted by Crippen LogP contribution is -3.00. The number of quaternary nitrogens is 1. The number of nitrogens with zero attached hydrogens (tertiary/aromatic N) is 2. The lowest BCUT2D eigenvalue weighted by atomic mass is 10.2. The monoisotopic (exact) mass is 610 g/mol. The van der Waals surface area contributed by atoms with Crippen molar-refractivity contribution in [3.63, 3.8) is 0 Å². The Labute approximate surface area is 196 Å². The molecular formula is C15H15BrCl3IN4O3. The van der Waals surface area contributed by atoms with Gasteiger partial charge in [-0.1, -0.05) is 40.3 Å². The van der Waals surface area contributed by atoms with Gasteiger partial charge in [0.05, 0.1) is 36.1 Å². The second-order valence-corrected chi connectivity index (χ2v) is 8.16. The molecule has 0 fully saturated rings. The summed E-state index contributed by atoms with van der Waals surface area (Å²) < 4.78 is 6.47. The van der Waals surface area contributed by atoms with E-state index in [1.165, 1.54) is 18.2 Å². The Kier molecular flexibility index (Phi) is 8.86. The summed E-state index contributed by atoms with van der Waals surface area (Å²) in [5.74, 6) is -0.0197. The van der Waals surface area contributed by atoms with Crippen molar-refractivity contribution in [2.45, 2.75) is 0 Å². The van der Waals surface area contributed by atoms with Crippen molar-refractivity contribution in [3.8, 4) is 11.5 Å². The van der Waals surface area contributed by atoms with E-state index in [1.807, 2.05) is 21.1 Å². The lowest BCUT2D eigenvalue weighted by Gasteiger charge is -2.24. The molecule has 0 heterocycles. The van der Waals surface area contributed by atoms with E-state index >= 15 is 0 Å². The van der Waals surface area contributed by atoms with E-state index in [0.29, 0.717) is 14.1 Å². The third-order valence-electron chi connectivity index (χ3n) is 2.96. The zero-order valence-electron chi connectivity index (χ0n) is 14.3. The molecule has 2 rings (SSSR count). The van der Waals surface area contributed by atoms with Crippen molar-refractivity contribution in [2.24, 2.45) is 0 Å². The molecule has 0 aliphatic heterocycles. The zero-order chi connectivity index (χ0) is 19.6. The minimum Gasteiger partial charge on any atom is -1.00 e. The maximum atomic E-state index is 11.7. The molecule has 12 heteroatoms. The van der Waals surface area contributed by atoms with E-state index in [-0.39, 0.29) is 56.9 Å². The standard InChI is InChI=1S/C15H15BrCl3N4O3.HI/c1-23(2,3)21-20-11-5-4-10(18)15(14(11)22(24)25)26-12-7-8(17)6-9(16)13(12)19;/h4-7,20-21H,1-3H3;1H/q+1;/p-1. The van der Waals surface area contributed by atoms with Crippen molar-refractivity contribution < 1.29 is 38.2 Å². The summed E-state index contributed by atoms with van der Waals surface area (Å²) in [4.78, 5) is 11.1. The highest BCUT2D eigenvalue weighted by Gasteiger charge is 2.27. The van der Waals surface area contributed by atoms with Crippen LogP contribution in [0.3, 0.4) is 0 Å². The maximum Gasteiger partial charge on any atom is 0.337 e. The molecule has 0 saturated carbocycles. The lowest BCUT2D eigenvalue weighted by molar-refractivity contribution is -0.912. The van der Waals surface area contributed by atoms with Gasteiger partial charge in [-0.25, -0.2) is 4.59 Å². The van der Waals surface area contributed by atoms with E-state index in [9.17, 15) is 10.1 Å². The van der Waals surface area contributed by atoms with E-state index in [1.54, 1.807) is 6.07 Å². The molecule has 0 spiro atoms. The number of hydrogen-bond acceptors (Lipinski definition) is 5. The summed E-state index contributed by atoms with van der Waals surface area (Å²) in [5, 5.41) is 12.3. The summed E-state index contributed by atoms with van der Waals surface area (Å²) in [5.41, 5.74) is 5.54. The molecule has 27 heavy (non-hydrogen) atoms. The summed E-state index contributed by atoms with van der Waals surface area (Å²) >= 11 is 21.6. The van der Waals surface area contributed by atoms with Crippen molar-refractivity contribution in [3.05, 3.63) is 53.9 Å². The molecule has 0 aliphatic rings. The quantitative estimate of drug-likeness (QED) is 0.173. The van der Waals surface area contributed by atoms with Crippen LogP contribution in [0.25, 0.3) is 0 Å². The molecule has 0 amide bonds. The third kappa shape index (κ3) is 6.48. The number of hydrogen-bond donors (Lipinski definition) is 2. The van der Waals surface area contributed by atoms with Crippen LogP contribution in [0.4, 0.5) is 11.4 Å². The van der Waals surface area contributed by atoms with E-state index in [0.717, 1.165) is 0 Å². The number of nitro groups is 1. The molecule has 148 valence electrons. The first kappa shape index (κ1) is 24.5. The molecule has 0 atom stereocenters. The fraction of sp³-hybridized carbons (Fsp3) is 0.200. The fourth-order valence-electron chi connectivity index (χ4n) is 1.87. The highest BCUT2D eigenvalue weighted by Crippen LogP contribution is 2.45. The van der Waals surface area contributed by atoms with Gasteiger partial charge >= 0.3 is 5.69 Å². The van der Waals surface area contributed by atoms with Gasteiger partial charge in [-0.3, -0.25) is 15.5 Å².